The molecular formula is C47H63NO13. The van der Waals surface area contributed by atoms with E-state index in [1.165, 1.54) is 24.3 Å². The summed E-state index contributed by atoms with van der Waals surface area (Å²) in [4.78, 5) is 52.1. The van der Waals surface area contributed by atoms with E-state index in [1.54, 1.807) is 24.3 Å². The van der Waals surface area contributed by atoms with Gasteiger partial charge in [-0.2, -0.15) is 0 Å². The lowest BCUT2D eigenvalue weighted by atomic mass is 9.65. The summed E-state index contributed by atoms with van der Waals surface area (Å²) in [5.74, 6) is 0.249. The van der Waals surface area contributed by atoms with Gasteiger partial charge in [-0.05, 0) is 118 Å². The molecule has 0 aromatic heterocycles. The third kappa shape index (κ3) is 15.6. The summed E-state index contributed by atoms with van der Waals surface area (Å²) >= 11 is 0. The third-order valence-corrected chi connectivity index (χ3v) is 11.5. The maximum absolute atomic E-state index is 13.1. The van der Waals surface area contributed by atoms with Gasteiger partial charge in [-0.15, -0.1) is 10.1 Å². The van der Waals surface area contributed by atoms with Crippen LogP contribution in [0.4, 0.5) is 0 Å². The quantitative estimate of drug-likeness (QED) is 0.0258. The molecule has 0 aliphatic heterocycles. The number of hydrogen-bond acceptors (Lipinski definition) is 13. The molecule has 0 saturated heterocycles. The maximum Gasteiger partial charge on any atom is 0.330 e. The Morgan fingerprint density at radius 3 is 2.38 bits per heavy atom. The summed E-state index contributed by atoms with van der Waals surface area (Å²) in [6.07, 6.45) is 9.29. The van der Waals surface area contributed by atoms with Crippen LogP contribution in [-0.4, -0.2) is 71.8 Å². The van der Waals surface area contributed by atoms with Crippen molar-refractivity contribution in [3.8, 4) is 11.5 Å². The van der Waals surface area contributed by atoms with Gasteiger partial charge in [-0.1, -0.05) is 61.9 Å². The molecule has 0 amide bonds. The second-order valence-corrected chi connectivity index (χ2v) is 16.7. The van der Waals surface area contributed by atoms with Crippen molar-refractivity contribution >= 4 is 24.0 Å². The van der Waals surface area contributed by atoms with Crippen molar-refractivity contribution in [3.63, 3.8) is 0 Å². The van der Waals surface area contributed by atoms with Crippen molar-refractivity contribution < 1.29 is 58.2 Å². The first-order valence-electron chi connectivity index (χ1n) is 21.2. The summed E-state index contributed by atoms with van der Waals surface area (Å²) < 4.78 is 28.2. The van der Waals surface area contributed by atoms with Crippen LogP contribution in [0.25, 0.3) is 6.08 Å². The van der Waals surface area contributed by atoms with Gasteiger partial charge in [0.1, 0.15) is 19.3 Å². The number of ether oxygens (including phenoxy) is 5. The van der Waals surface area contributed by atoms with Gasteiger partial charge < -0.3 is 38.7 Å². The lowest BCUT2D eigenvalue weighted by Crippen LogP contribution is -2.42. The van der Waals surface area contributed by atoms with Crippen molar-refractivity contribution in [1.29, 1.82) is 0 Å². The number of unbranched alkanes of at least 4 members (excludes halogenated alkanes) is 1. The molecule has 0 bridgehead atoms. The first-order chi connectivity index (χ1) is 29.1. The zero-order valence-electron chi connectivity index (χ0n) is 36.3. The lowest BCUT2D eigenvalue weighted by molar-refractivity contribution is -0.757. The molecule has 0 heterocycles. The average Bonchev–Trinajstić information content (AvgIpc) is 3.22. The molecule has 0 unspecified atom stereocenters. The Labute approximate surface area is 359 Å². The number of esters is 3. The number of hydrogen-bond donors (Lipinski definition) is 2. The highest BCUT2D eigenvalue weighted by atomic mass is 16.9. The Morgan fingerprint density at radius 2 is 1.69 bits per heavy atom. The third-order valence-electron chi connectivity index (χ3n) is 11.5. The van der Waals surface area contributed by atoms with Crippen molar-refractivity contribution in [2.24, 2.45) is 23.2 Å². The molecule has 14 heteroatoms. The number of aliphatic hydroxyl groups excluding tert-OH is 2. The number of methoxy groups -OCH3 is 1. The van der Waals surface area contributed by atoms with E-state index >= 15 is 0 Å². The molecule has 334 valence electrons. The predicted octanol–water partition coefficient (Wildman–Crippen LogP) is 8.04. The minimum atomic E-state index is -1.06. The summed E-state index contributed by atoms with van der Waals surface area (Å²) in [5.41, 5.74) is 4.13. The van der Waals surface area contributed by atoms with Crippen LogP contribution in [0, 0.1) is 33.3 Å². The number of benzene rings is 2. The van der Waals surface area contributed by atoms with Gasteiger partial charge in [0, 0.05) is 18.4 Å². The monoisotopic (exact) mass is 849 g/mol. The molecule has 2 aromatic carbocycles. The molecule has 0 saturated carbocycles. The van der Waals surface area contributed by atoms with Gasteiger partial charge in [0.25, 0.3) is 5.09 Å². The zero-order chi connectivity index (χ0) is 44.5. The van der Waals surface area contributed by atoms with E-state index < -0.39 is 34.6 Å². The summed E-state index contributed by atoms with van der Waals surface area (Å²) in [5, 5.41) is 30.9. The zero-order valence-corrected chi connectivity index (χ0v) is 36.3. The first-order valence-corrected chi connectivity index (χ1v) is 21.2. The molecule has 2 aromatic rings. The standard InChI is InChI=1S/C47H63NO13/c1-7-47(4,5)46(53)61-42-25-31(2)24-36-17-10-32(3)39(45(36)42)19-18-37(49)27-38(50)28-44(52)59-30-35-13-11-34(12-14-35)29-58-40-20-15-33(26-41(40)56-6)16-21-43(51)57-22-8-9-23-60-48(54)55/h11-17,20-21,24,26,32,37-39,42,45,49-50H,7-10,18-19,22-23,25,27-30H2,1-6H3/b21-16+/t32-,37+,38+,39-,42-,45-/m0/s1. The molecule has 6 atom stereocenters. The normalized spacial score (nSPS) is 19.7. The van der Waals surface area contributed by atoms with Crippen LogP contribution in [0.15, 0.2) is 71.8 Å². The van der Waals surface area contributed by atoms with Crippen molar-refractivity contribution in [1.82, 2.24) is 0 Å². The van der Waals surface area contributed by atoms with E-state index in [0.29, 0.717) is 61.5 Å². The Balaban J connectivity index is 1.18. The molecule has 0 spiro atoms. The minimum absolute atomic E-state index is 0.0242. The highest BCUT2D eigenvalue weighted by molar-refractivity contribution is 5.87. The van der Waals surface area contributed by atoms with Gasteiger partial charge >= 0.3 is 17.9 Å². The minimum Gasteiger partial charge on any atom is -0.493 e. The van der Waals surface area contributed by atoms with E-state index in [-0.39, 0.29) is 63.2 Å². The second kappa shape index (κ2) is 23.7. The van der Waals surface area contributed by atoms with Crippen molar-refractivity contribution in [2.45, 2.75) is 124 Å². The molecule has 4 rings (SSSR count). The molecule has 2 aliphatic carbocycles. The summed E-state index contributed by atoms with van der Waals surface area (Å²) in [7, 11) is 1.51. The number of rotatable bonds is 24. The van der Waals surface area contributed by atoms with Crippen LogP contribution >= 0.6 is 0 Å². The molecule has 61 heavy (non-hydrogen) atoms. The summed E-state index contributed by atoms with van der Waals surface area (Å²) in [6, 6.07) is 12.6. The van der Waals surface area contributed by atoms with Gasteiger partial charge in [0.05, 0.1) is 44.4 Å². The molecule has 2 N–H and O–H groups in total. The highest BCUT2D eigenvalue weighted by Crippen LogP contribution is 2.46. The topological polar surface area (TPSA) is 190 Å². The smallest absolute Gasteiger partial charge is 0.330 e. The van der Waals surface area contributed by atoms with Crippen LogP contribution in [0.2, 0.25) is 0 Å². The highest BCUT2D eigenvalue weighted by Gasteiger charge is 2.42. The van der Waals surface area contributed by atoms with E-state index in [9.17, 15) is 34.7 Å². The number of fused-ring (bicyclic) bond motifs is 1. The number of carbonyl (C=O) groups excluding carboxylic acids is 3. The van der Waals surface area contributed by atoms with Gasteiger partial charge in [0.15, 0.2) is 11.5 Å². The van der Waals surface area contributed by atoms with Crippen LogP contribution in [0.3, 0.4) is 0 Å². The number of aliphatic hydroxyl groups is 2. The van der Waals surface area contributed by atoms with Crippen LogP contribution in [0.1, 0.15) is 109 Å². The van der Waals surface area contributed by atoms with Crippen LogP contribution in [-0.2, 0) is 46.6 Å². The van der Waals surface area contributed by atoms with E-state index in [2.05, 4.69) is 30.8 Å². The van der Waals surface area contributed by atoms with Crippen molar-refractivity contribution in [3.05, 3.63) is 98.6 Å². The van der Waals surface area contributed by atoms with Gasteiger partial charge in [-0.3, -0.25) is 9.59 Å². The maximum atomic E-state index is 13.1. The van der Waals surface area contributed by atoms with Crippen LogP contribution < -0.4 is 9.47 Å². The molecule has 2 aliphatic rings. The molecule has 0 fully saturated rings. The SMILES string of the molecule is CCC(C)(C)C(=O)O[C@H]1CC(C)=CC2=CC[C@H](C)[C@H](CC[C@@H](O)C[C@@H](O)CC(=O)OCc3ccc(COc4ccc(/C=C/C(=O)OCCCCO[N+](=O)[O-])cc4OC)cc3)[C@H]21. The number of nitrogens with zero attached hydrogens (tertiary/aromatic N) is 1. The molecular weight excluding hydrogens is 787 g/mol. The lowest BCUT2D eigenvalue weighted by Gasteiger charge is -2.43. The van der Waals surface area contributed by atoms with Gasteiger partial charge in [0.2, 0.25) is 0 Å². The largest absolute Gasteiger partial charge is 0.493 e. The van der Waals surface area contributed by atoms with Gasteiger partial charge in [-0.25, -0.2) is 4.79 Å². The fraction of sp³-hybridized carbons (Fsp3) is 0.553. The second-order valence-electron chi connectivity index (χ2n) is 16.7. The number of allylic oxidation sites excluding steroid dienone is 2. The van der Waals surface area contributed by atoms with E-state index in [4.69, 9.17) is 23.7 Å². The molecule has 14 nitrogen and oxygen atoms in total. The van der Waals surface area contributed by atoms with E-state index in [1.807, 2.05) is 45.0 Å². The average molecular weight is 850 g/mol. The first kappa shape index (κ1) is 48.5. The van der Waals surface area contributed by atoms with E-state index in [0.717, 1.165) is 17.5 Å². The Kier molecular flexibility index (Phi) is 18.8. The Bertz CT molecular complexity index is 1870. The van der Waals surface area contributed by atoms with Crippen molar-refractivity contribution in [2.75, 3.05) is 20.3 Å². The fourth-order valence-electron chi connectivity index (χ4n) is 7.53. The fourth-order valence-corrected chi connectivity index (χ4v) is 7.53. The number of carbonyl (C=O) groups is 3. The Morgan fingerprint density at radius 1 is 0.984 bits per heavy atom. The van der Waals surface area contributed by atoms with Crippen LogP contribution in [0.5, 0.6) is 11.5 Å². The Hall–Kier alpha value is -5.21. The molecule has 0 radical (unpaired) electrons. The predicted molar refractivity (Wildman–Crippen MR) is 227 cm³/mol. The summed E-state index contributed by atoms with van der Waals surface area (Å²) in [6.45, 7) is 10.4.